The van der Waals surface area contributed by atoms with Crippen LogP contribution in [0.4, 0.5) is 26.3 Å². The second-order valence-corrected chi connectivity index (χ2v) is 22.9. The van der Waals surface area contributed by atoms with E-state index in [-0.39, 0.29) is 5.82 Å². The molecule has 3 saturated carbocycles. The van der Waals surface area contributed by atoms with Crippen LogP contribution in [-0.4, -0.2) is 6.11 Å². The van der Waals surface area contributed by atoms with E-state index in [1.807, 2.05) is 24.3 Å². The van der Waals surface area contributed by atoms with Gasteiger partial charge < -0.3 is 4.74 Å². The maximum Gasteiger partial charge on any atom is 0.400 e. The summed E-state index contributed by atoms with van der Waals surface area (Å²) in [6.45, 7) is 12.5. The molecule has 0 radical (unpaired) electrons. The van der Waals surface area contributed by atoms with Crippen molar-refractivity contribution in [1.82, 2.24) is 0 Å². The molecular weight excluding hydrogens is 983 g/mol. The van der Waals surface area contributed by atoms with Crippen LogP contribution in [0, 0.1) is 59.8 Å². The maximum atomic E-state index is 15.0. The van der Waals surface area contributed by atoms with Crippen molar-refractivity contribution in [2.24, 2.45) is 29.6 Å². The Morgan fingerprint density at radius 3 is 1.55 bits per heavy atom. The quantitative estimate of drug-likeness (QED) is 0.0340. The molecule has 0 heterocycles. The Morgan fingerprint density at radius 1 is 0.500 bits per heavy atom. The fourth-order valence-electron chi connectivity index (χ4n) is 12.5. The van der Waals surface area contributed by atoms with Gasteiger partial charge in [0.1, 0.15) is 11.6 Å². The predicted octanol–water partition coefficient (Wildman–Crippen LogP) is 22.2. The molecule has 0 atom stereocenters. The van der Waals surface area contributed by atoms with Crippen molar-refractivity contribution in [3.05, 3.63) is 186 Å². The zero-order valence-electron chi connectivity index (χ0n) is 47.1. The van der Waals surface area contributed by atoms with Gasteiger partial charge in [0.2, 0.25) is 0 Å². The van der Waals surface area contributed by atoms with Gasteiger partial charge in [0.25, 0.3) is 0 Å². The van der Waals surface area contributed by atoms with Crippen LogP contribution in [0.3, 0.4) is 0 Å². The normalized spacial score (nSPS) is 20.4. The molecule has 0 amide bonds. The summed E-state index contributed by atoms with van der Waals surface area (Å²) in [7, 11) is 0. The maximum absolute atomic E-state index is 15.0. The van der Waals surface area contributed by atoms with E-state index in [2.05, 4.69) is 130 Å². The van der Waals surface area contributed by atoms with Crippen LogP contribution in [0.1, 0.15) is 177 Å². The summed E-state index contributed by atoms with van der Waals surface area (Å²) in [5.74, 6) is -3.01. The van der Waals surface area contributed by atoms with Gasteiger partial charge in [0.05, 0.1) is 5.92 Å². The average Bonchev–Trinajstić information content (AvgIpc) is 3.47. The molecule has 6 aromatic rings. The summed E-state index contributed by atoms with van der Waals surface area (Å²) in [5, 5.41) is 0. The molecule has 78 heavy (non-hydrogen) atoms. The first-order chi connectivity index (χ1) is 37.8. The van der Waals surface area contributed by atoms with E-state index in [0.29, 0.717) is 48.3 Å². The number of allylic oxidation sites excluding steroid dienone is 1. The molecule has 6 aromatic carbocycles. The molecule has 9 rings (SSSR count). The first-order valence-electron chi connectivity index (χ1n) is 29.7. The summed E-state index contributed by atoms with van der Waals surface area (Å²) >= 11 is 0. The molecule has 418 valence electrons. The molecule has 0 aliphatic heterocycles. The SMILES string of the molecule is C=CCCc1ccc(-c2ccc(C)cc2)cc1.CCCC1CCC(C2CCC(C(F)(F)Oc3cc(F)c(F)c(F)c3)CC2)CC1.CCCCCC1CCC(c2ccc(-c3ccc(-c4ccc(CCC)cc4)c(F)c3)cc2)CC1. The van der Waals surface area contributed by atoms with Gasteiger partial charge in [-0.3, -0.25) is 0 Å². The van der Waals surface area contributed by atoms with E-state index in [9.17, 15) is 26.3 Å². The van der Waals surface area contributed by atoms with E-state index in [0.717, 1.165) is 67.1 Å². The van der Waals surface area contributed by atoms with Crippen molar-refractivity contribution in [3.63, 3.8) is 0 Å². The zero-order chi connectivity index (χ0) is 55.4. The molecule has 3 aliphatic rings. The minimum Gasteiger partial charge on any atom is -0.432 e. The minimum absolute atomic E-state index is 0.152. The van der Waals surface area contributed by atoms with Crippen LogP contribution in [-0.2, 0) is 12.8 Å². The highest BCUT2D eigenvalue weighted by atomic mass is 19.3. The summed E-state index contributed by atoms with van der Waals surface area (Å²) < 4.78 is 88.1. The number of benzene rings is 6. The number of alkyl halides is 2. The van der Waals surface area contributed by atoms with Crippen LogP contribution >= 0.6 is 0 Å². The van der Waals surface area contributed by atoms with E-state index >= 15 is 0 Å². The molecule has 0 saturated heterocycles. The predicted molar refractivity (Wildman–Crippen MR) is 313 cm³/mol. The Balaban J connectivity index is 0.000000178. The van der Waals surface area contributed by atoms with Crippen LogP contribution in [0.15, 0.2) is 140 Å². The molecule has 0 N–H and O–H groups in total. The number of aryl methyl sites for hydroxylation is 3. The third-order valence-corrected chi connectivity index (χ3v) is 17.2. The first kappa shape index (κ1) is 60.1. The van der Waals surface area contributed by atoms with Gasteiger partial charge >= 0.3 is 6.11 Å². The van der Waals surface area contributed by atoms with Gasteiger partial charge in [-0.05, 0) is 171 Å². The van der Waals surface area contributed by atoms with Crippen LogP contribution in [0.2, 0.25) is 0 Å². The highest BCUT2D eigenvalue weighted by molar-refractivity contribution is 5.71. The van der Waals surface area contributed by atoms with E-state index < -0.39 is 35.2 Å². The second kappa shape index (κ2) is 30.1. The second-order valence-electron chi connectivity index (χ2n) is 22.9. The summed E-state index contributed by atoms with van der Waals surface area (Å²) in [6, 6.07) is 41.3. The topological polar surface area (TPSA) is 9.23 Å². The monoisotopic (exact) mass is 1070 g/mol. The molecule has 3 fully saturated rings. The average molecular weight is 1070 g/mol. The number of hydrogen-bond donors (Lipinski definition) is 0. The van der Waals surface area contributed by atoms with E-state index in [1.165, 1.54) is 123 Å². The summed E-state index contributed by atoms with van der Waals surface area (Å²) in [5.41, 5.74) is 11.7. The highest BCUT2D eigenvalue weighted by Crippen LogP contribution is 2.46. The fourth-order valence-corrected chi connectivity index (χ4v) is 12.5. The molecule has 0 bridgehead atoms. The van der Waals surface area contributed by atoms with Gasteiger partial charge in [-0.1, -0.05) is 199 Å². The number of rotatable bonds is 19. The molecule has 0 aromatic heterocycles. The molecule has 1 nitrogen and oxygen atoms in total. The van der Waals surface area contributed by atoms with Crippen molar-refractivity contribution in [3.8, 4) is 39.1 Å². The Bertz CT molecular complexity index is 2680. The van der Waals surface area contributed by atoms with E-state index in [1.54, 1.807) is 6.07 Å². The molecule has 7 heteroatoms. The lowest BCUT2D eigenvalue weighted by Crippen LogP contribution is -2.38. The Labute approximate surface area is 464 Å². The van der Waals surface area contributed by atoms with Gasteiger partial charge in [-0.25, -0.2) is 17.6 Å². The van der Waals surface area contributed by atoms with Crippen LogP contribution in [0.25, 0.3) is 33.4 Å². The van der Waals surface area contributed by atoms with Crippen molar-refractivity contribution >= 4 is 0 Å². The fraction of sp³-hybridized carbons (Fsp3) is 0.465. The summed E-state index contributed by atoms with van der Waals surface area (Å²) in [6.07, 6.45) is 23.2. The smallest absolute Gasteiger partial charge is 0.400 e. The van der Waals surface area contributed by atoms with E-state index in [4.69, 9.17) is 0 Å². The molecule has 0 unspecified atom stereocenters. The minimum atomic E-state index is -3.53. The lowest BCUT2D eigenvalue weighted by molar-refractivity contribution is -0.224. The van der Waals surface area contributed by atoms with Crippen molar-refractivity contribution in [2.45, 2.75) is 181 Å². The zero-order valence-corrected chi connectivity index (χ0v) is 47.1. The molecular formula is C71H86F6O. The lowest BCUT2D eigenvalue weighted by atomic mass is 9.68. The molecule has 3 aliphatic carbocycles. The molecule has 0 spiro atoms. The standard InChI is InChI=1S/C32H39F.C22H29F5O.C17H18/c1-3-5-6-8-25-9-13-26(14-10-25)27-17-19-28(20-18-27)30-21-22-31(32(33)23-30)29-15-11-24(7-4-2)12-16-29;1-2-3-14-4-6-15(7-5-14)16-8-10-17(11-9-16)22(26,27)28-18-12-19(23)21(25)20(24)13-18;1-3-4-5-15-8-12-17(13-9-15)16-10-6-14(2)7-11-16/h11-12,15-23,25-26H,3-10,13-14H2,1-2H3;12-17H,2-11H2,1H3;3,6-13H,1,4-5H2,2H3. The van der Waals surface area contributed by atoms with Crippen molar-refractivity contribution in [2.75, 3.05) is 0 Å². The lowest BCUT2D eigenvalue weighted by Gasteiger charge is -2.39. The number of ether oxygens (including phenoxy) is 1. The Morgan fingerprint density at radius 2 is 1.00 bits per heavy atom. The number of halogens is 6. The summed E-state index contributed by atoms with van der Waals surface area (Å²) in [4.78, 5) is 0. The first-order valence-corrected chi connectivity index (χ1v) is 29.7. The Hall–Kier alpha value is -5.56. The highest BCUT2D eigenvalue weighted by Gasteiger charge is 2.45. The third kappa shape index (κ3) is 17.5. The van der Waals surface area contributed by atoms with Gasteiger partial charge in [0, 0.05) is 17.7 Å². The van der Waals surface area contributed by atoms with Crippen molar-refractivity contribution < 1.29 is 31.1 Å². The number of unbranched alkanes of at least 4 members (excludes halogenated alkanes) is 2. The van der Waals surface area contributed by atoms with Gasteiger partial charge in [-0.2, -0.15) is 8.78 Å². The van der Waals surface area contributed by atoms with Crippen LogP contribution in [0.5, 0.6) is 5.75 Å². The number of hydrogen-bond acceptors (Lipinski definition) is 1. The van der Waals surface area contributed by atoms with Gasteiger partial charge in [0.15, 0.2) is 17.5 Å². The largest absolute Gasteiger partial charge is 0.432 e. The Kier molecular flexibility index (Phi) is 23.2. The third-order valence-electron chi connectivity index (χ3n) is 17.2. The van der Waals surface area contributed by atoms with Crippen molar-refractivity contribution in [1.29, 1.82) is 0 Å². The van der Waals surface area contributed by atoms with Crippen LogP contribution < -0.4 is 4.74 Å². The van der Waals surface area contributed by atoms with Gasteiger partial charge in [-0.15, -0.1) is 6.58 Å².